The molecule has 0 amide bonds. The third-order valence-electron chi connectivity index (χ3n) is 2.11. The van der Waals surface area contributed by atoms with Crippen LogP contribution in [0.4, 0.5) is 13.2 Å². The van der Waals surface area contributed by atoms with Crippen molar-refractivity contribution in [2.24, 2.45) is 0 Å². The molecule has 9 heteroatoms. The second kappa shape index (κ2) is 7.30. The Morgan fingerprint density at radius 1 is 1.50 bits per heavy atom. The van der Waals surface area contributed by atoms with E-state index in [0.29, 0.717) is 0 Å². The predicted molar refractivity (Wildman–Crippen MR) is 73.5 cm³/mol. The number of esters is 1. The van der Waals surface area contributed by atoms with Gasteiger partial charge in [0, 0.05) is 11.8 Å². The lowest BCUT2D eigenvalue weighted by Crippen LogP contribution is -2.20. The molecular formula is C11H10ClF3INO3. The van der Waals surface area contributed by atoms with Crippen molar-refractivity contribution in [2.45, 2.75) is 25.6 Å². The van der Waals surface area contributed by atoms with Crippen LogP contribution in [0.3, 0.4) is 0 Å². The van der Waals surface area contributed by atoms with Gasteiger partial charge in [-0.05, 0) is 29.5 Å². The molecule has 20 heavy (non-hydrogen) atoms. The number of carbonyl (C=O) groups is 1. The summed E-state index contributed by atoms with van der Waals surface area (Å²) in [7, 11) is 0. The van der Waals surface area contributed by atoms with Crippen LogP contribution in [0, 0.1) is 3.57 Å². The lowest BCUT2D eigenvalue weighted by molar-refractivity contribution is -0.275. The number of aromatic nitrogens is 1. The van der Waals surface area contributed by atoms with E-state index in [0.717, 1.165) is 6.20 Å². The van der Waals surface area contributed by atoms with E-state index < -0.39 is 18.1 Å². The van der Waals surface area contributed by atoms with Crippen molar-refractivity contribution in [3.8, 4) is 5.75 Å². The zero-order valence-electron chi connectivity index (χ0n) is 10.3. The van der Waals surface area contributed by atoms with E-state index >= 15 is 0 Å². The van der Waals surface area contributed by atoms with E-state index in [1.165, 1.54) is 0 Å². The number of hydrogen-bond donors (Lipinski definition) is 0. The first-order valence-corrected chi connectivity index (χ1v) is 7.03. The molecular weight excluding hydrogens is 413 g/mol. The number of hydrogen-bond acceptors (Lipinski definition) is 4. The second-order valence-corrected chi connectivity index (χ2v) is 4.88. The minimum absolute atomic E-state index is 0.000887. The molecule has 0 unspecified atom stereocenters. The Balaban J connectivity index is 3.15. The molecule has 0 aliphatic carbocycles. The Morgan fingerprint density at radius 2 is 2.15 bits per heavy atom. The molecule has 0 bridgehead atoms. The Morgan fingerprint density at radius 3 is 2.65 bits per heavy atom. The highest BCUT2D eigenvalue weighted by atomic mass is 127. The molecule has 0 radical (unpaired) electrons. The van der Waals surface area contributed by atoms with Crippen LogP contribution >= 0.6 is 34.2 Å². The van der Waals surface area contributed by atoms with Crippen LogP contribution in [-0.4, -0.2) is 23.9 Å². The molecule has 0 saturated carbocycles. The number of ether oxygens (including phenoxy) is 2. The number of nitrogens with zero attached hydrogens (tertiary/aromatic N) is 1. The number of carbonyl (C=O) groups excluding carboxylic acids is 1. The average molecular weight is 424 g/mol. The molecule has 0 atom stereocenters. The van der Waals surface area contributed by atoms with Crippen molar-refractivity contribution in [2.75, 3.05) is 6.61 Å². The molecule has 1 aromatic rings. The summed E-state index contributed by atoms with van der Waals surface area (Å²) in [6.07, 6.45) is -4.09. The highest BCUT2D eigenvalue weighted by Crippen LogP contribution is 2.33. The fourth-order valence-electron chi connectivity index (χ4n) is 1.36. The van der Waals surface area contributed by atoms with Crippen LogP contribution in [-0.2, 0) is 21.8 Å². The number of rotatable bonds is 5. The summed E-state index contributed by atoms with van der Waals surface area (Å²) < 4.78 is 46.1. The van der Waals surface area contributed by atoms with Gasteiger partial charge in [-0.25, -0.2) is 0 Å². The average Bonchev–Trinajstić information content (AvgIpc) is 2.33. The van der Waals surface area contributed by atoms with Gasteiger partial charge >= 0.3 is 12.3 Å². The van der Waals surface area contributed by atoms with Crippen LogP contribution in [0.1, 0.15) is 18.2 Å². The van der Waals surface area contributed by atoms with Gasteiger partial charge in [-0.1, -0.05) is 0 Å². The van der Waals surface area contributed by atoms with Gasteiger partial charge in [-0.2, -0.15) is 0 Å². The van der Waals surface area contributed by atoms with Crippen molar-refractivity contribution < 1.29 is 27.4 Å². The van der Waals surface area contributed by atoms with E-state index in [-0.39, 0.29) is 33.7 Å². The van der Waals surface area contributed by atoms with Gasteiger partial charge in [0.25, 0.3) is 0 Å². The van der Waals surface area contributed by atoms with E-state index in [2.05, 4.69) is 9.72 Å². The minimum atomic E-state index is -4.87. The van der Waals surface area contributed by atoms with Gasteiger partial charge in [0.1, 0.15) is 5.75 Å². The highest BCUT2D eigenvalue weighted by Gasteiger charge is 2.34. The molecule has 0 spiro atoms. The molecule has 1 rings (SSSR count). The number of alkyl halides is 4. The van der Waals surface area contributed by atoms with Crippen molar-refractivity contribution in [3.05, 3.63) is 21.0 Å². The van der Waals surface area contributed by atoms with E-state index in [9.17, 15) is 18.0 Å². The Kier molecular flexibility index (Phi) is 6.31. The summed E-state index contributed by atoms with van der Waals surface area (Å²) in [6, 6.07) is 0. The van der Waals surface area contributed by atoms with Crippen molar-refractivity contribution >= 4 is 40.2 Å². The highest BCUT2D eigenvalue weighted by molar-refractivity contribution is 14.1. The van der Waals surface area contributed by atoms with E-state index in [1.807, 2.05) is 0 Å². The molecule has 0 aliphatic heterocycles. The SMILES string of the molecule is CCOC(=O)Cc1cnc(CCl)c(I)c1OC(F)(F)F. The summed E-state index contributed by atoms with van der Waals surface area (Å²) in [5.41, 5.74) is 0.248. The van der Waals surface area contributed by atoms with E-state index in [1.54, 1.807) is 29.5 Å². The maximum atomic E-state index is 12.4. The Bertz CT molecular complexity index is 497. The van der Waals surface area contributed by atoms with Crippen LogP contribution in [0.2, 0.25) is 0 Å². The van der Waals surface area contributed by atoms with Gasteiger partial charge in [-0.15, -0.1) is 24.8 Å². The first-order chi connectivity index (χ1) is 9.28. The molecule has 0 N–H and O–H groups in total. The minimum Gasteiger partial charge on any atom is -0.466 e. The standard InChI is InChI=1S/C11H10ClF3INO3/c1-2-19-8(18)3-6-5-17-7(4-12)9(16)10(6)20-11(13,14)15/h5H,2-4H2,1H3. The molecule has 0 fully saturated rings. The van der Waals surface area contributed by atoms with Gasteiger partial charge < -0.3 is 9.47 Å². The zero-order valence-corrected chi connectivity index (χ0v) is 13.2. The lowest BCUT2D eigenvalue weighted by Gasteiger charge is -2.15. The third-order valence-corrected chi connectivity index (χ3v) is 3.47. The van der Waals surface area contributed by atoms with Crippen molar-refractivity contribution in [1.29, 1.82) is 0 Å². The summed E-state index contributed by atoms with van der Waals surface area (Å²) in [4.78, 5) is 15.3. The molecule has 0 saturated heterocycles. The van der Waals surface area contributed by atoms with Crippen molar-refractivity contribution in [3.63, 3.8) is 0 Å². The van der Waals surface area contributed by atoms with Gasteiger partial charge in [0.05, 0.1) is 28.2 Å². The fourth-order valence-corrected chi connectivity index (χ4v) is 2.57. The first-order valence-electron chi connectivity index (χ1n) is 5.42. The van der Waals surface area contributed by atoms with Crippen LogP contribution in [0.15, 0.2) is 6.20 Å². The lowest BCUT2D eigenvalue weighted by atomic mass is 10.2. The molecule has 0 aromatic carbocycles. The summed E-state index contributed by atoms with van der Waals surface area (Å²) in [5.74, 6) is -1.18. The van der Waals surface area contributed by atoms with Crippen LogP contribution in [0.25, 0.3) is 0 Å². The van der Waals surface area contributed by atoms with Crippen LogP contribution < -0.4 is 4.74 Å². The Labute approximate surface area is 131 Å². The predicted octanol–water partition coefficient (Wildman–Crippen LogP) is 3.43. The monoisotopic (exact) mass is 423 g/mol. The quantitative estimate of drug-likeness (QED) is 0.414. The van der Waals surface area contributed by atoms with Crippen molar-refractivity contribution in [1.82, 2.24) is 4.98 Å². The molecule has 1 heterocycles. The summed E-state index contributed by atoms with van der Waals surface area (Å²) in [5, 5.41) is 0. The largest absolute Gasteiger partial charge is 0.573 e. The normalized spacial score (nSPS) is 11.3. The topological polar surface area (TPSA) is 48.4 Å². The fraction of sp³-hybridized carbons (Fsp3) is 0.455. The zero-order chi connectivity index (χ0) is 15.3. The first kappa shape index (κ1) is 17.3. The third kappa shape index (κ3) is 4.97. The maximum Gasteiger partial charge on any atom is 0.573 e. The smallest absolute Gasteiger partial charge is 0.466 e. The maximum absolute atomic E-state index is 12.4. The van der Waals surface area contributed by atoms with Gasteiger partial charge in [0.2, 0.25) is 0 Å². The molecule has 1 aromatic heterocycles. The molecule has 0 aliphatic rings. The summed E-state index contributed by atoms with van der Waals surface area (Å²) >= 11 is 7.24. The summed E-state index contributed by atoms with van der Waals surface area (Å²) in [6.45, 7) is 1.74. The van der Waals surface area contributed by atoms with E-state index in [4.69, 9.17) is 16.3 Å². The van der Waals surface area contributed by atoms with Gasteiger partial charge in [-0.3, -0.25) is 9.78 Å². The molecule has 4 nitrogen and oxygen atoms in total. The second-order valence-electron chi connectivity index (χ2n) is 3.54. The van der Waals surface area contributed by atoms with Gasteiger partial charge in [0.15, 0.2) is 0 Å². The number of halogens is 5. The van der Waals surface area contributed by atoms with Crippen LogP contribution in [0.5, 0.6) is 5.75 Å². The Hall–Kier alpha value is -0.770. The number of pyridine rings is 1. The molecule has 112 valence electrons.